The summed E-state index contributed by atoms with van der Waals surface area (Å²) in [5, 5.41) is 0. The number of carbonyl (C=O) groups excluding carboxylic acids is 2. The van der Waals surface area contributed by atoms with Gasteiger partial charge in [-0.05, 0) is 32.8 Å². The number of hydrogen-bond donors (Lipinski definition) is 0. The maximum absolute atomic E-state index is 12.7. The molecule has 5 heteroatoms. The van der Waals surface area contributed by atoms with Crippen molar-refractivity contribution >= 4 is 11.8 Å². The molecule has 1 aromatic heterocycles. The average Bonchev–Trinajstić information content (AvgIpc) is 2.83. The van der Waals surface area contributed by atoms with Gasteiger partial charge in [-0.25, -0.2) is 0 Å². The first-order chi connectivity index (χ1) is 10.9. The van der Waals surface area contributed by atoms with Crippen LogP contribution in [-0.2, 0) is 11.8 Å². The normalized spacial score (nSPS) is 15.4. The summed E-state index contributed by atoms with van der Waals surface area (Å²) < 4.78 is 2.04. The lowest BCUT2D eigenvalue weighted by atomic mass is 10.0. The van der Waals surface area contributed by atoms with Gasteiger partial charge in [0.25, 0.3) is 5.91 Å². The molecule has 23 heavy (non-hydrogen) atoms. The molecule has 2 rings (SSSR count). The summed E-state index contributed by atoms with van der Waals surface area (Å²) in [4.78, 5) is 28.9. The Balaban J connectivity index is 2.00. The summed E-state index contributed by atoms with van der Waals surface area (Å²) in [7, 11) is 1.98. The SMILES string of the molecule is CCC(CC)C(=O)N1CCN(C(=O)c2cc(C)n(C)c2C)CC1. The van der Waals surface area contributed by atoms with Crippen LogP contribution in [0.15, 0.2) is 6.07 Å². The lowest BCUT2D eigenvalue weighted by Crippen LogP contribution is -2.52. The highest BCUT2D eigenvalue weighted by molar-refractivity contribution is 5.96. The van der Waals surface area contributed by atoms with Gasteiger partial charge in [0.15, 0.2) is 0 Å². The van der Waals surface area contributed by atoms with E-state index < -0.39 is 0 Å². The summed E-state index contributed by atoms with van der Waals surface area (Å²) >= 11 is 0. The van der Waals surface area contributed by atoms with Crippen molar-refractivity contribution in [3.05, 3.63) is 23.0 Å². The Kier molecular flexibility index (Phi) is 5.50. The predicted octanol–water partition coefficient (Wildman–Crippen LogP) is 2.36. The molecule has 0 aliphatic carbocycles. The fraction of sp³-hybridized carbons (Fsp3) is 0.667. The standard InChI is InChI=1S/C18H29N3O2/c1-6-15(7-2)17(22)20-8-10-21(11-9-20)18(23)16-12-13(3)19(5)14(16)4/h12,15H,6-11H2,1-5H3. The molecule has 2 amide bonds. The van der Waals surface area contributed by atoms with Gasteiger partial charge in [0.05, 0.1) is 5.56 Å². The van der Waals surface area contributed by atoms with Crippen molar-refractivity contribution in [3.63, 3.8) is 0 Å². The van der Waals surface area contributed by atoms with E-state index in [4.69, 9.17) is 0 Å². The Morgan fingerprint density at radius 2 is 1.57 bits per heavy atom. The molecule has 0 N–H and O–H groups in total. The molecule has 0 bridgehead atoms. The number of amides is 2. The Hall–Kier alpha value is -1.78. The highest BCUT2D eigenvalue weighted by Crippen LogP contribution is 2.18. The first-order valence-corrected chi connectivity index (χ1v) is 8.61. The molecule has 1 aromatic rings. The summed E-state index contributed by atoms with van der Waals surface area (Å²) in [5.41, 5.74) is 2.88. The topological polar surface area (TPSA) is 45.6 Å². The van der Waals surface area contributed by atoms with Crippen LogP contribution in [0.3, 0.4) is 0 Å². The van der Waals surface area contributed by atoms with Crippen LogP contribution in [0.2, 0.25) is 0 Å². The monoisotopic (exact) mass is 319 g/mol. The Bertz CT molecular complexity index is 579. The molecule has 0 spiro atoms. The second kappa shape index (κ2) is 7.20. The number of aromatic nitrogens is 1. The van der Waals surface area contributed by atoms with Crippen molar-refractivity contribution in [3.8, 4) is 0 Å². The van der Waals surface area contributed by atoms with Gasteiger partial charge in [0.2, 0.25) is 5.91 Å². The third-order valence-electron chi connectivity index (χ3n) is 5.22. The number of nitrogens with zero attached hydrogens (tertiary/aromatic N) is 3. The maximum atomic E-state index is 12.7. The van der Waals surface area contributed by atoms with Gasteiger partial charge in [0.1, 0.15) is 0 Å². The second-order valence-electron chi connectivity index (χ2n) is 6.47. The van der Waals surface area contributed by atoms with Gasteiger partial charge in [-0.3, -0.25) is 9.59 Å². The number of carbonyl (C=O) groups is 2. The third-order valence-corrected chi connectivity index (χ3v) is 5.22. The molecular formula is C18H29N3O2. The molecule has 1 fully saturated rings. The van der Waals surface area contributed by atoms with E-state index in [2.05, 4.69) is 13.8 Å². The first kappa shape index (κ1) is 17.6. The number of piperazine rings is 1. The summed E-state index contributed by atoms with van der Waals surface area (Å²) in [6, 6.07) is 1.96. The van der Waals surface area contributed by atoms with E-state index in [0.29, 0.717) is 26.2 Å². The van der Waals surface area contributed by atoms with Crippen LogP contribution in [0.4, 0.5) is 0 Å². The number of rotatable bonds is 4. The molecule has 0 saturated carbocycles. The molecule has 0 aromatic carbocycles. The summed E-state index contributed by atoms with van der Waals surface area (Å²) in [6.07, 6.45) is 1.77. The zero-order valence-corrected chi connectivity index (χ0v) is 15.1. The minimum atomic E-state index is 0.0841. The third kappa shape index (κ3) is 3.43. The predicted molar refractivity (Wildman–Crippen MR) is 91.4 cm³/mol. The molecule has 1 saturated heterocycles. The molecule has 0 atom stereocenters. The van der Waals surface area contributed by atoms with Crippen LogP contribution in [-0.4, -0.2) is 52.4 Å². The van der Waals surface area contributed by atoms with E-state index in [1.165, 1.54) is 0 Å². The molecule has 1 aliphatic heterocycles. The van der Waals surface area contributed by atoms with E-state index in [-0.39, 0.29) is 17.7 Å². The molecule has 0 unspecified atom stereocenters. The van der Waals surface area contributed by atoms with Crippen molar-refractivity contribution in [1.82, 2.24) is 14.4 Å². The van der Waals surface area contributed by atoms with Gasteiger partial charge in [-0.1, -0.05) is 13.8 Å². The summed E-state index contributed by atoms with van der Waals surface area (Å²) in [5.74, 6) is 0.450. The molecule has 128 valence electrons. The number of hydrogen-bond acceptors (Lipinski definition) is 2. The smallest absolute Gasteiger partial charge is 0.255 e. The minimum Gasteiger partial charge on any atom is -0.351 e. The molecular weight excluding hydrogens is 290 g/mol. The van der Waals surface area contributed by atoms with Gasteiger partial charge in [-0.15, -0.1) is 0 Å². The number of aryl methyl sites for hydroxylation is 1. The van der Waals surface area contributed by atoms with Gasteiger partial charge in [0, 0.05) is 50.5 Å². The fourth-order valence-electron chi connectivity index (χ4n) is 3.27. The molecule has 1 aliphatic rings. The largest absolute Gasteiger partial charge is 0.351 e. The van der Waals surface area contributed by atoms with Crippen LogP contribution in [0.5, 0.6) is 0 Å². The maximum Gasteiger partial charge on any atom is 0.255 e. The van der Waals surface area contributed by atoms with E-state index in [1.54, 1.807) is 0 Å². The van der Waals surface area contributed by atoms with E-state index in [1.807, 2.05) is 41.3 Å². The molecule has 5 nitrogen and oxygen atoms in total. The van der Waals surface area contributed by atoms with Crippen LogP contribution < -0.4 is 0 Å². The zero-order valence-electron chi connectivity index (χ0n) is 15.1. The van der Waals surface area contributed by atoms with E-state index >= 15 is 0 Å². The van der Waals surface area contributed by atoms with Crippen LogP contribution >= 0.6 is 0 Å². The van der Waals surface area contributed by atoms with Gasteiger partial charge >= 0.3 is 0 Å². The van der Waals surface area contributed by atoms with E-state index in [9.17, 15) is 9.59 Å². The van der Waals surface area contributed by atoms with Crippen molar-refractivity contribution in [2.75, 3.05) is 26.2 Å². The highest BCUT2D eigenvalue weighted by atomic mass is 16.2. The quantitative estimate of drug-likeness (QED) is 0.855. The Labute approximate surface area is 139 Å². The zero-order chi connectivity index (χ0) is 17.1. The van der Waals surface area contributed by atoms with E-state index in [0.717, 1.165) is 29.8 Å². The Morgan fingerprint density at radius 1 is 1.04 bits per heavy atom. The van der Waals surface area contributed by atoms with Crippen LogP contribution in [0.1, 0.15) is 48.4 Å². The first-order valence-electron chi connectivity index (χ1n) is 8.61. The van der Waals surface area contributed by atoms with Crippen LogP contribution in [0, 0.1) is 19.8 Å². The fourth-order valence-corrected chi connectivity index (χ4v) is 3.27. The van der Waals surface area contributed by atoms with Gasteiger partial charge in [-0.2, -0.15) is 0 Å². The van der Waals surface area contributed by atoms with Crippen molar-refractivity contribution in [2.24, 2.45) is 13.0 Å². The molecule has 0 radical (unpaired) electrons. The highest BCUT2D eigenvalue weighted by Gasteiger charge is 2.28. The molecule has 2 heterocycles. The van der Waals surface area contributed by atoms with Crippen LogP contribution in [0.25, 0.3) is 0 Å². The summed E-state index contributed by atoms with van der Waals surface area (Å²) in [6.45, 7) is 10.6. The second-order valence-corrected chi connectivity index (χ2v) is 6.47. The average molecular weight is 319 g/mol. The van der Waals surface area contributed by atoms with Crippen molar-refractivity contribution in [1.29, 1.82) is 0 Å². The van der Waals surface area contributed by atoms with Crippen molar-refractivity contribution in [2.45, 2.75) is 40.5 Å². The minimum absolute atomic E-state index is 0.0841. The van der Waals surface area contributed by atoms with Crippen molar-refractivity contribution < 1.29 is 9.59 Å². The van der Waals surface area contributed by atoms with Gasteiger partial charge < -0.3 is 14.4 Å². The lowest BCUT2D eigenvalue weighted by Gasteiger charge is -2.36. The Morgan fingerprint density at radius 3 is 2.00 bits per heavy atom. The lowest BCUT2D eigenvalue weighted by molar-refractivity contribution is -0.137.